The molecule has 0 saturated carbocycles. The van der Waals surface area contributed by atoms with E-state index in [1.165, 1.54) is 0 Å². The van der Waals surface area contributed by atoms with Crippen molar-refractivity contribution in [1.82, 2.24) is 15.3 Å². The summed E-state index contributed by atoms with van der Waals surface area (Å²) in [7, 11) is 0. The molecule has 0 saturated heterocycles. The van der Waals surface area contributed by atoms with Gasteiger partial charge in [-0.2, -0.15) is 0 Å². The average Bonchev–Trinajstić information content (AvgIpc) is 2.28. The third-order valence-electron chi connectivity index (χ3n) is 2.30. The van der Waals surface area contributed by atoms with E-state index in [0.717, 1.165) is 0 Å². The van der Waals surface area contributed by atoms with Crippen molar-refractivity contribution in [3.8, 4) is 0 Å². The number of aromatic amines is 1. The Balaban J connectivity index is 2.39. The standard InChI is InChI=1S/C12H12ClN3O/c1-2-5-14-7-11-15-10-6-8(13)3-4-9(10)12(17)16-11/h2-4,6,14H,1,5,7H2,(H,15,16,17). The van der Waals surface area contributed by atoms with Crippen molar-refractivity contribution in [2.24, 2.45) is 0 Å². The summed E-state index contributed by atoms with van der Waals surface area (Å²) in [6.07, 6.45) is 1.75. The Labute approximate surface area is 103 Å². The number of nitrogens with one attached hydrogen (secondary N) is 2. The third-order valence-corrected chi connectivity index (χ3v) is 2.53. The Hall–Kier alpha value is -1.65. The van der Waals surface area contributed by atoms with Gasteiger partial charge in [0.05, 0.1) is 17.4 Å². The monoisotopic (exact) mass is 249 g/mol. The van der Waals surface area contributed by atoms with Gasteiger partial charge in [-0.05, 0) is 18.2 Å². The van der Waals surface area contributed by atoms with Gasteiger partial charge in [0.2, 0.25) is 0 Å². The molecule has 17 heavy (non-hydrogen) atoms. The molecule has 2 N–H and O–H groups in total. The number of rotatable bonds is 4. The Morgan fingerprint density at radius 3 is 3.12 bits per heavy atom. The second-order valence-electron chi connectivity index (χ2n) is 3.59. The molecule has 2 rings (SSSR count). The highest BCUT2D eigenvalue weighted by molar-refractivity contribution is 6.31. The maximum atomic E-state index is 11.8. The molecule has 0 unspecified atom stereocenters. The molecular weight excluding hydrogens is 238 g/mol. The number of H-pyrrole nitrogens is 1. The lowest BCUT2D eigenvalue weighted by molar-refractivity contribution is 0.717. The van der Waals surface area contributed by atoms with Gasteiger partial charge in [-0.1, -0.05) is 17.7 Å². The Morgan fingerprint density at radius 1 is 1.53 bits per heavy atom. The van der Waals surface area contributed by atoms with Gasteiger partial charge >= 0.3 is 0 Å². The Morgan fingerprint density at radius 2 is 2.35 bits per heavy atom. The van der Waals surface area contributed by atoms with Crippen molar-refractivity contribution >= 4 is 22.5 Å². The molecule has 0 aliphatic heterocycles. The first-order chi connectivity index (χ1) is 8.20. The molecular formula is C12H12ClN3O. The van der Waals surface area contributed by atoms with Crippen molar-refractivity contribution in [3.63, 3.8) is 0 Å². The number of fused-ring (bicyclic) bond motifs is 1. The van der Waals surface area contributed by atoms with Crippen LogP contribution in [0.5, 0.6) is 0 Å². The van der Waals surface area contributed by atoms with Gasteiger partial charge < -0.3 is 10.3 Å². The zero-order valence-corrected chi connectivity index (χ0v) is 9.92. The molecule has 0 aliphatic rings. The molecule has 1 heterocycles. The van der Waals surface area contributed by atoms with E-state index in [9.17, 15) is 4.79 Å². The summed E-state index contributed by atoms with van der Waals surface area (Å²) in [6, 6.07) is 5.03. The Kier molecular flexibility index (Phi) is 3.56. The molecule has 0 spiro atoms. The summed E-state index contributed by atoms with van der Waals surface area (Å²) in [5, 5.41) is 4.19. The van der Waals surface area contributed by atoms with Gasteiger partial charge in [-0.25, -0.2) is 4.98 Å². The van der Waals surface area contributed by atoms with Gasteiger partial charge in [-0.15, -0.1) is 6.58 Å². The van der Waals surface area contributed by atoms with Crippen molar-refractivity contribution in [1.29, 1.82) is 0 Å². The van der Waals surface area contributed by atoms with Crippen LogP contribution in [0, 0.1) is 0 Å². The number of benzene rings is 1. The van der Waals surface area contributed by atoms with Crippen LogP contribution >= 0.6 is 11.6 Å². The maximum Gasteiger partial charge on any atom is 0.258 e. The van der Waals surface area contributed by atoms with Gasteiger partial charge in [0.25, 0.3) is 5.56 Å². The Bertz CT molecular complexity index is 606. The number of hydrogen-bond acceptors (Lipinski definition) is 3. The highest BCUT2D eigenvalue weighted by atomic mass is 35.5. The fourth-order valence-electron chi connectivity index (χ4n) is 1.54. The van der Waals surface area contributed by atoms with E-state index in [2.05, 4.69) is 21.9 Å². The quantitative estimate of drug-likeness (QED) is 0.642. The molecule has 1 aromatic carbocycles. The highest BCUT2D eigenvalue weighted by Crippen LogP contribution is 2.14. The largest absolute Gasteiger partial charge is 0.309 e. The average molecular weight is 250 g/mol. The van der Waals surface area contributed by atoms with Gasteiger partial charge in [0, 0.05) is 11.6 Å². The molecule has 0 fully saturated rings. The molecule has 4 nitrogen and oxygen atoms in total. The normalized spacial score (nSPS) is 10.6. The number of nitrogens with zero attached hydrogens (tertiary/aromatic N) is 1. The molecule has 0 amide bonds. The predicted molar refractivity (Wildman–Crippen MR) is 69.3 cm³/mol. The third kappa shape index (κ3) is 2.72. The van der Waals surface area contributed by atoms with Gasteiger partial charge in [0.1, 0.15) is 5.82 Å². The van der Waals surface area contributed by atoms with Crippen molar-refractivity contribution in [2.45, 2.75) is 6.54 Å². The van der Waals surface area contributed by atoms with Crippen LogP contribution in [0.4, 0.5) is 0 Å². The molecule has 2 aromatic rings. The molecule has 1 aromatic heterocycles. The summed E-state index contributed by atoms with van der Waals surface area (Å²) in [6.45, 7) is 4.75. The fourth-order valence-corrected chi connectivity index (χ4v) is 1.70. The molecule has 88 valence electrons. The van der Waals surface area contributed by atoms with Crippen molar-refractivity contribution < 1.29 is 0 Å². The predicted octanol–water partition coefficient (Wildman–Crippen LogP) is 1.85. The second-order valence-corrected chi connectivity index (χ2v) is 4.03. The van der Waals surface area contributed by atoms with E-state index in [1.807, 2.05) is 0 Å². The van der Waals surface area contributed by atoms with E-state index in [0.29, 0.717) is 34.8 Å². The first-order valence-electron chi connectivity index (χ1n) is 5.21. The number of hydrogen-bond donors (Lipinski definition) is 2. The lowest BCUT2D eigenvalue weighted by Gasteiger charge is -2.03. The van der Waals surface area contributed by atoms with Crippen LogP contribution in [0.2, 0.25) is 5.02 Å². The topological polar surface area (TPSA) is 57.8 Å². The first-order valence-corrected chi connectivity index (χ1v) is 5.58. The summed E-state index contributed by atoms with van der Waals surface area (Å²) >= 11 is 5.87. The SMILES string of the molecule is C=CCNCc1nc2cc(Cl)ccc2c(=O)[nH]1. The maximum absolute atomic E-state index is 11.8. The minimum absolute atomic E-state index is 0.151. The molecule has 0 radical (unpaired) electrons. The van der Waals surface area contributed by atoms with Crippen molar-refractivity contribution in [2.75, 3.05) is 6.54 Å². The van der Waals surface area contributed by atoms with Crippen LogP contribution in [0.3, 0.4) is 0 Å². The smallest absolute Gasteiger partial charge is 0.258 e. The van der Waals surface area contributed by atoms with E-state index in [-0.39, 0.29) is 5.56 Å². The summed E-state index contributed by atoms with van der Waals surface area (Å²) < 4.78 is 0. The van der Waals surface area contributed by atoms with E-state index in [1.54, 1.807) is 24.3 Å². The second kappa shape index (κ2) is 5.12. The minimum atomic E-state index is -0.151. The lowest BCUT2D eigenvalue weighted by Crippen LogP contribution is -2.19. The zero-order chi connectivity index (χ0) is 12.3. The summed E-state index contributed by atoms with van der Waals surface area (Å²) in [5.74, 6) is 0.589. The molecule has 5 heteroatoms. The van der Waals surface area contributed by atoms with E-state index < -0.39 is 0 Å². The first kappa shape index (κ1) is 11.8. The summed E-state index contributed by atoms with van der Waals surface area (Å²) in [5.41, 5.74) is 0.457. The van der Waals surface area contributed by atoms with Crippen LogP contribution in [-0.4, -0.2) is 16.5 Å². The zero-order valence-electron chi connectivity index (χ0n) is 9.16. The molecule has 0 atom stereocenters. The van der Waals surface area contributed by atoms with Crippen LogP contribution in [0.15, 0.2) is 35.6 Å². The molecule has 0 bridgehead atoms. The minimum Gasteiger partial charge on any atom is -0.309 e. The number of aromatic nitrogens is 2. The van der Waals surface area contributed by atoms with Gasteiger partial charge in [0.15, 0.2) is 0 Å². The fraction of sp³-hybridized carbons (Fsp3) is 0.167. The lowest BCUT2D eigenvalue weighted by atomic mass is 10.2. The molecule has 0 aliphatic carbocycles. The van der Waals surface area contributed by atoms with E-state index >= 15 is 0 Å². The van der Waals surface area contributed by atoms with Crippen LogP contribution in [0.25, 0.3) is 10.9 Å². The number of halogens is 1. The van der Waals surface area contributed by atoms with Crippen LogP contribution in [-0.2, 0) is 6.54 Å². The van der Waals surface area contributed by atoms with Crippen LogP contribution < -0.4 is 10.9 Å². The van der Waals surface area contributed by atoms with E-state index in [4.69, 9.17) is 11.6 Å². The van der Waals surface area contributed by atoms with Crippen LogP contribution in [0.1, 0.15) is 5.82 Å². The summed E-state index contributed by atoms with van der Waals surface area (Å²) in [4.78, 5) is 18.8. The highest BCUT2D eigenvalue weighted by Gasteiger charge is 2.03. The van der Waals surface area contributed by atoms with Crippen molar-refractivity contribution in [3.05, 3.63) is 52.1 Å². The van der Waals surface area contributed by atoms with Gasteiger partial charge in [-0.3, -0.25) is 4.79 Å².